The van der Waals surface area contributed by atoms with Gasteiger partial charge in [-0.25, -0.2) is 0 Å². The van der Waals surface area contributed by atoms with Crippen molar-refractivity contribution in [3.63, 3.8) is 0 Å². The van der Waals surface area contributed by atoms with Gasteiger partial charge in [-0.2, -0.15) is 0 Å². The van der Waals surface area contributed by atoms with Gasteiger partial charge in [-0.05, 0) is 37.7 Å². The zero-order valence-electron chi connectivity index (χ0n) is 29.2. The highest BCUT2D eigenvalue weighted by Crippen LogP contribution is 2.20. The summed E-state index contributed by atoms with van der Waals surface area (Å²) in [5, 5.41) is 27.9. The lowest BCUT2D eigenvalue weighted by molar-refractivity contribution is -0.141. The summed E-state index contributed by atoms with van der Waals surface area (Å²) in [7, 11) is 0. The van der Waals surface area contributed by atoms with Crippen molar-refractivity contribution in [1.82, 2.24) is 36.6 Å². The van der Waals surface area contributed by atoms with Gasteiger partial charge in [-0.1, -0.05) is 63.2 Å². The summed E-state index contributed by atoms with van der Waals surface area (Å²) in [5.41, 5.74) is 0.725. The molecule has 0 unspecified atom stereocenters. The molecule has 6 amide bonds. The molecular weight excluding hydrogens is 646 g/mol. The molecule has 1 aromatic heterocycles. The minimum atomic E-state index is -1.15. The molecule has 3 heterocycles. The molecule has 272 valence electrons. The Kier molecular flexibility index (Phi) is 13.1. The van der Waals surface area contributed by atoms with E-state index in [4.69, 9.17) is 4.52 Å². The molecule has 15 heteroatoms. The van der Waals surface area contributed by atoms with E-state index in [2.05, 4.69) is 31.7 Å². The number of aromatic nitrogens is 1. The van der Waals surface area contributed by atoms with E-state index in [0.717, 1.165) is 5.56 Å². The SMILES string of the molecule is CC(C)C[C@@H]1NC(=O)[C@@H](Cc2ccccc2)NC(=O)[C@@H](NC(=O)c2cc(C(C)C)on2)CCCNC(=O)[C@@H]2C[C@@H](O)CN2C(=O)[C@H](C)NC1=O. The predicted molar refractivity (Wildman–Crippen MR) is 181 cm³/mol. The van der Waals surface area contributed by atoms with E-state index >= 15 is 0 Å². The van der Waals surface area contributed by atoms with Gasteiger partial charge in [0.1, 0.15) is 36.0 Å². The number of hydrogen-bond donors (Lipinski definition) is 6. The topological polar surface area (TPSA) is 212 Å². The Bertz CT molecular complexity index is 1530. The molecule has 0 spiro atoms. The molecule has 50 heavy (non-hydrogen) atoms. The second kappa shape index (κ2) is 17.2. The maximum absolute atomic E-state index is 13.9. The lowest BCUT2D eigenvalue weighted by Crippen LogP contribution is -2.59. The summed E-state index contributed by atoms with van der Waals surface area (Å²) in [6.07, 6.45) is -0.298. The van der Waals surface area contributed by atoms with Gasteiger partial charge in [0.15, 0.2) is 5.69 Å². The van der Waals surface area contributed by atoms with Crippen molar-refractivity contribution in [1.29, 1.82) is 0 Å². The summed E-state index contributed by atoms with van der Waals surface area (Å²) >= 11 is 0. The lowest BCUT2D eigenvalue weighted by Gasteiger charge is -2.29. The number of carbonyl (C=O) groups excluding carboxylic acids is 6. The summed E-state index contributed by atoms with van der Waals surface area (Å²) < 4.78 is 5.26. The van der Waals surface area contributed by atoms with Gasteiger partial charge in [0.05, 0.1) is 6.10 Å². The first kappa shape index (κ1) is 38.0. The third-order valence-electron chi connectivity index (χ3n) is 8.77. The summed E-state index contributed by atoms with van der Waals surface area (Å²) in [6, 6.07) is 5.14. The number of carbonyl (C=O) groups is 6. The number of rotatable bonds is 7. The lowest BCUT2D eigenvalue weighted by atomic mass is 10.00. The van der Waals surface area contributed by atoms with Gasteiger partial charge in [0.2, 0.25) is 29.5 Å². The minimum Gasteiger partial charge on any atom is -0.391 e. The molecule has 2 aliphatic rings. The van der Waals surface area contributed by atoms with Crippen molar-refractivity contribution in [3.05, 3.63) is 53.4 Å². The number of hydrogen-bond acceptors (Lipinski definition) is 9. The zero-order chi connectivity index (χ0) is 36.5. The van der Waals surface area contributed by atoms with E-state index < -0.39 is 71.8 Å². The van der Waals surface area contributed by atoms with Crippen LogP contribution in [0.2, 0.25) is 0 Å². The molecular formula is C35H49N7O8. The van der Waals surface area contributed by atoms with Crippen molar-refractivity contribution in [3.8, 4) is 0 Å². The van der Waals surface area contributed by atoms with E-state index in [1.807, 2.05) is 33.8 Å². The third-order valence-corrected chi connectivity index (χ3v) is 8.77. The second-order valence-electron chi connectivity index (χ2n) is 13.8. The molecule has 0 aliphatic carbocycles. The Labute approximate surface area is 291 Å². The normalized spacial score (nSPS) is 26.0. The van der Waals surface area contributed by atoms with Crippen LogP contribution in [0.15, 0.2) is 40.9 Å². The molecule has 15 nitrogen and oxygen atoms in total. The standard InChI is InChI=1S/C35H49N7O8/c1-19(2)14-25-31(45)37-21(5)35(49)42-18-23(43)16-28(42)34(48)36-13-9-12-24(38-33(47)27-17-29(20(3)4)50-41-27)30(44)40-26(32(46)39-25)15-22-10-7-6-8-11-22/h6-8,10-11,17,19-21,23-26,28,43H,9,12-16,18H2,1-5H3,(H,36,48)(H,37,45)(H,38,47)(H,39,46)(H,40,44)/t21-,23+,24-,25-,26+,28-/m0/s1. The highest BCUT2D eigenvalue weighted by Gasteiger charge is 2.41. The molecule has 2 aromatic rings. The van der Waals surface area contributed by atoms with Crippen LogP contribution < -0.4 is 26.6 Å². The summed E-state index contributed by atoms with van der Waals surface area (Å²) in [6.45, 7) is 9.01. The van der Waals surface area contributed by atoms with Crippen LogP contribution in [-0.2, 0) is 30.4 Å². The zero-order valence-corrected chi connectivity index (χ0v) is 29.2. The summed E-state index contributed by atoms with van der Waals surface area (Å²) in [4.78, 5) is 82.6. The third kappa shape index (κ3) is 10.1. The van der Waals surface area contributed by atoms with Crippen LogP contribution in [0.5, 0.6) is 0 Å². The molecule has 0 saturated carbocycles. The van der Waals surface area contributed by atoms with Gasteiger partial charge >= 0.3 is 0 Å². The fourth-order valence-electron chi connectivity index (χ4n) is 6.04. The molecule has 2 fully saturated rings. The first-order valence-electron chi connectivity index (χ1n) is 17.2. The fourth-order valence-corrected chi connectivity index (χ4v) is 6.04. The van der Waals surface area contributed by atoms with Crippen LogP contribution in [0, 0.1) is 5.92 Å². The highest BCUT2D eigenvalue weighted by molar-refractivity contribution is 5.98. The predicted octanol–water partition coefficient (Wildman–Crippen LogP) is 0.531. The Morgan fingerprint density at radius 2 is 1.66 bits per heavy atom. The van der Waals surface area contributed by atoms with Crippen LogP contribution in [0.1, 0.15) is 88.0 Å². The molecule has 1 aromatic carbocycles. The highest BCUT2D eigenvalue weighted by atomic mass is 16.5. The Morgan fingerprint density at radius 3 is 2.32 bits per heavy atom. The first-order valence-corrected chi connectivity index (χ1v) is 17.2. The van der Waals surface area contributed by atoms with Crippen LogP contribution in [-0.4, -0.2) is 100 Å². The van der Waals surface area contributed by atoms with Gasteiger partial charge in [-0.15, -0.1) is 0 Å². The van der Waals surface area contributed by atoms with Crippen LogP contribution in [0.25, 0.3) is 0 Å². The second-order valence-corrected chi connectivity index (χ2v) is 13.8. The molecule has 4 rings (SSSR count). The van der Waals surface area contributed by atoms with Crippen molar-refractivity contribution in [2.24, 2.45) is 5.92 Å². The van der Waals surface area contributed by atoms with E-state index in [1.54, 1.807) is 24.3 Å². The van der Waals surface area contributed by atoms with Crippen LogP contribution in [0.3, 0.4) is 0 Å². The van der Waals surface area contributed by atoms with Gasteiger partial charge in [0, 0.05) is 37.9 Å². The maximum atomic E-state index is 13.9. The smallest absolute Gasteiger partial charge is 0.274 e. The number of amides is 6. The Hall–Kier alpha value is -4.79. The largest absolute Gasteiger partial charge is 0.391 e. The van der Waals surface area contributed by atoms with Crippen molar-refractivity contribution < 1.29 is 38.4 Å². The number of aliphatic hydroxyl groups excluding tert-OH is 1. The van der Waals surface area contributed by atoms with Gasteiger partial charge < -0.3 is 41.1 Å². The van der Waals surface area contributed by atoms with Crippen LogP contribution in [0.4, 0.5) is 0 Å². The molecule has 0 radical (unpaired) electrons. The summed E-state index contributed by atoms with van der Waals surface area (Å²) in [5.74, 6) is -3.15. The van der Waals surface area contributed by atoms with E-state index in [-0.39, 0.29) is 62.7 Å². The number of nitrogens with one attached hydrogen (secondary N) is 5. The molecule has 2 aliphatic heterocycles. The number of benzene rings is 1. The molecule has 6 N–H and O–H groups in total. The average Bonchev–Trinajstić information content (AvgIpc) is 3.72. The molecule has 6 atom stereocenters. The van der Waals surface area contributed by atoms with Gasteiger partial charge in [-0.3, -0.25) is 28.8 Å². The number of aliphatic hydroxyl groups is 1. The van der Waals surface area contributed by atoms with E-state index in [1.165, 1.54) is 17.9 Å². The fraction of sp³-hybridized carbons (Fsp3) is 0.571. The first-order chi connectivity index (χ1) is 23.7. The monoisotopic (exact) mass is 695 g/mol. The van der Waals surface area contributed by atoms with Gasteiger partial charge in [0.25, 0.3) is 5.91 Å². The molecule has 0 bridgehead atoms. The van der Waals surface area contributed by atoms with Crippen LogP contribution >= 0.6 is 0 Å². The Morgan fingerprint density at radius 1 is 0.980 bits per heavy atom. The minimum absolute atomic E-state index is 0.0181. The molecule has 2 saturated heterocycles. The van der Waals surface area contributed by atoms with Crippen molar-refractivity contribution >= 4 is 35.4 Å². The Balaban J connectivity index is 1.66. The number of fused-ring (bicyclic) bond motifs is 1. The quantitative estimate of drug-likeness (QED) is 0.238. The van der Waals surface area contributed by atoms with Crippen molar-refractivity contribution in [2.75, 3.05) is 13.1 Å². The van der Waals surface area contributed by atoms with E-state index in [9.17, 15) is 33.9 Å². The average molecular weight is 696 g/mol. The maximum Gasteiger partial charge on any atom is 0.274 e. The number of nitrogens with zero attached hydrogens (tertiary/aromatic N) is 2. The van der Waals surface area contributed by atoms with Crippen molar-refractivity contribution in [2.45, 2.75) is 109 Å². The van der Waals surface area contributed by atoms with E-state index in [0.29, 0.717) is 5.76 Å².